The van der Waals surface area contributed by atoms with Gasteiger partial charge in [0, 0.05) is 28.0 Å². The lowest BCUT2D eigenvalue weighted by molar-refractivity contribution is -0.123. The van der Waals surface area contributed by atoms with E-state index in [1.807, 2.05) is 33.8 Å². The third-order valence-corrected chi connectivity index (χ3v) is 6.59. The van der Waals surface area contributed by atoms with E-state index in [2.05, 4.69) is 15.4 Å². The Balaban J connectivity index is 1.76. The lowest BCUT2D eigenvalue weighted by Gasteiger charge is -2.18. The standard InChI is InChI=1S/C26H29N3O4S/c1-17-12-13-18(2)23(14-17)34(32,33)29-22-11-6-8-19(15-22)24(30)27-20-9-7-10-21(16-20)28-25(31)26(3,4)5/h6-16,29H,1-5H3,(H,27,30)(H,28,31). The lowest BCUT2D eigenvalue weighted by atomic mass is 9.95. The molecule has 0 spiro atoms. The van der Waals surface area contributed by atoms with Gasteiger partial charge in [-0.3, -0.25) is 14.3 Å². The predicted molar refractivity (Wildman–Crippen MR) is 136 cm³/mol. The van der Waals surface area contributed by atoms with Gasteiger partial charge < -0.3 is 10.6 Å². The Morgan fingerprint density at radius 2 is 1.38 bits per heavy atom. The molecule has 34 heavy (non-hydrogen) atoms. The van der Waals surface area contributed by atoms with Gasteiger partial charge in [0.1, 0.15) is 0 Å². The molecule has 3 aromatic carbocycles. The van der Waals surface area contributed by atoms with E-state index in [0.717, 1.165) is 5.56 Å². The quantitative estimate of drug-likeness (QED) is 0.444. The van der Waals surface area contributed by atoms with Crippen LogP contribution >= 0.6 is 0 Å². The maximum atomic E-state index is 12.9. The third kappa shape index (κ3) is 6.23. The molecular formula is C26H29N3O4S. The maximum Gasteiger partial charge on any atom is 0.262 e. The number of carbonyl (C=O) groups is 2. The van der Waals surface area contributed by atoms with Crippen LogP contribution in [0.1, 0.15) is 42.3 Å². The van der Waals surface area contributed by atoms with Crippen molar-refractivity contribution in [2.75, 3.05) is 15.4 Å². The number of carbonyl (C=O) groups excluding carboxylic acids is 2. The molecule has 3 aromatic rings. The number of aryl methyl sites for hydroxylation is 2. The van der Waals surface area contributed by atoms with Gasteiger partial charge in [0.15, 0.2) is 0 Å². The third-order valence-electron chi connectivity index (χ3n) is 5.07. The first kappa shape index (κ1) is 25.0. The largest absolute Gasteiger partial charge is 0.326 e. The summed E-state index contributed by atoms with van der Waals surface area (Å²) in [7, 11) is -3.82. The van der Waals surface area contributed by atoms with Crippen molar-refractivity contribution in [3.05, 3.63) is 83.4 Å². The van der Waals surface area contributed by atoms with Crippen molar-refractivity contribution in [1.29, 1.82) is 0 Å². The fourth-order valence-corrected chi connectivity index (χ4v) is 4.51. The van der Waals surface area contributed by atoms with Crippen LogP contribution in [0, 0.1) is 19.3 Å². The molecule has 0 aliphatic rings. The number of benzene rings is 3. The average molecular weight is 480 g/mol. The van der Waals surface area contributed by atoms with Gasteiger partial charge in [0.25, 0.3) is 15.9 Å². The maximum absolute atomic E-state index is 12.9. The SMILES string of the molecule is Cc1ccc(C)c(S(=O)(=O)Nc2cccc(C(=O)Nc3cccc(NC(=O)C(C)(C)C)c3)c2)c1. The fraction of sp³-hybridized carbons (Fsp3) is 0.231. The van der Waals surface area contributed by atoms with Crippen LogP contribution in [-0.4, -0.2) is 20.2 Å². The summed E-state index contributed by atoms with van der Waals surface area (Å²) in [5.74, 6) is -0.549. The molecule has 3 N–H and O–H groups in total. The van der Waals surface area contributed by atoms with E-state index < -0.39 is 21.3 Å². The highest BCUT2D eigenvalue weighted by Gasteiger charge is 2.21. The monoisotopic (exact) mass is 479 g/mol. The summed E-state index contributed by atoms with van der Waals surface area (Å²) in [5, 5.41) is 5.61. The van der Waals surface area contributed by atoms with E-state index in [-0.39, 0.29) is 22.1 Å². The molecule has 0 unspecified atom stereocenters. The highest BCUT2D eigenvalue weighted by molar-refractivity contribution is 7.92. The fourth-order valence-electron chi connectivity index (χ4n) is 3.13. The summed E-state index contributed by atoms with van der Waals surface area (Å²) >= 11 is 0. The zero-order chi connectivity index (χ0) is 25.1. The van der Waals surface area contributed by atoms with E-state index in [1.54, 1.807) is 61.5 Å². The van der Waals surface area contributed by atoms with E-state index in [4.69, 9.17) is 0 Å². The summed E-state index contributed by atoms with van der Waals surface area (Å²) in [4.78, 5) is 25.2. The summed E-state index contributed by atoms with van der Waals surface area (Å²) in [6.45, 7) is 9.00. The molecule has 8 heteroatoms. The highest BCUT2D eigenvalue weighted by atomic mass is 32.2. The van der Waals surface area contributed by atoms with Crippen molar-refractivity contribution in [3.8, 4) is 0 Å². The molecule has 3 rings (SSSR count). The Labute approximate surface area is 200 Å². The van der Waals surface area contributed by atoms with Crippen molar-refractivity contribution < 1.29 is 18.0 Å². The molecular weight excluding hydrogens is 450 g/mol. The lowest BCUT2D eigenvalue weighted by Crippen LogP contribution is -2.27. The summed E-state index contributed by atoms with van der Waals surface area (Å²) < 4.78 is 28.3. The van der Waals surface area contributed by atoms with Crippen LogP contribution in [0.25, 0.3) is 0 Å². The molecule has 0 fully saturated rings. The van der Waals surface area contributed by atoms with Gasteiger partial charge in [-0.15, -0.1) is 0 Å². The van der Waals surface area contributed by atoms with Gasteiger partial charge in [0.2, 0.25) is 5.91 Å². The van der Waals surface area contributed by atoms with Crippen LogP contribution in [0.4, 0.5) is 17.1 Å². The number of rotatable bonds is 6. The van der Waals surface area contributed by atoms with E-state index >= 15 is 0 Å². The van der Waals surface area contributed by atoms with Crippen molar-refractivity contribution in [1.82, 2.24) is 0 Å². The Kier molecular flexibility index (Phi) is 7.12. The first-order chi connectivity index (χ1) is 15.8. The number of amides is 2. The topological polar surface area (TPSA) is 104 Å². The van der Waals surface area contributed by atoms with Crippen LogP contribution in [-0.2, 0) is 14.8 Å². The first-order valence-electron chi connectivity index (χ1n) is 10.8. The van der Waals surface area contributed by atoms with Gasteiger partial charge in [-0.1, -0.05) is 45.0 Å². The van der Waals surface area contributed by atoms with Crippen molar-refractivity contribution in [2.24, 2.45) is 5.41 Å². The smallest absolute Gasteiger partial charge is 0.262 e. The molecule has 0 heterocycles. The minimum Gasteiger partial charge on any atom is -0.326 e. The summed E-state index contributed by atoms with van der Waals surface area (Å²) in [6.07, 6.45) is 0. The second-order valence-corrected chi connectivity index (χ2v) is 10.8. The number of nitrogens with one attached hydrogen (secondary N) is 3. The molecule has 0 bridgehead atoms. The van der Waals surface area contributed by atoms with Crippen LogP contribution < -0.4 is 15.4 Å². The number of anilines is 3. The molecule has 2 amide bonds. The summed E-state index contributed by atoms with van der Waals surface area (Å²) in [6, 6.07) is 18.3. The molecule has 178 valence electrons. The highest BCUT2D eigenvalue weighted by Crippen LogP contribution is 2.23. The number of hydrogen-bond donors (Lipinski definition) is 3. The molecule has 0 aliphatic carbocycles. The minimum absolute atomic E-state index is 0.139. The molecule has 0 radical (unpaired) electrons. The van der Waals surface area contributed by atoms with E-state index in [0.29, 0.717) is 16.9 Å². The summed E-state index contributed by atoms with van der Waals surface area (Å²) in [5.41, 5.74) is 2.53. The van der Waals surface area contributed by atoms with Crippen LogP contribution in [0.15, 0.2) is 71.6 Å². The van der Waals surface area contributed by atoms with Gasteiger partial charge in [-0.25, -0.2) is 8.42 Å². The van der Waals surface area contributed by atoms with Crippen molar-refractivity contribution in [2.45, 2.75) is 39.5 Å². The van der Waals surface area contributed by atoms with E-state index in [9.17, 15) is 18.0 Å². The molecule has 0 aliphatic heterocycles. The average Bonchev–Trinajstić information content (AvgIpc) is 2.75. The van der Waals surface area contributed by atoms with Gasteiger partial charge in [0.05, 0.1) is 4.90 Å². The van der Waals surface area contributed by atoms with Crippen LogP contribution in [0.2, 0.25) is 0 Å². The number of sulfonamides is 1. The Hall–Kier alpha value is -3.65. The number of hydrogen-bond acceptors (Lipinski definition) is 4. The molecule has 7 nitrogen and oxygen atoms in total. The normalized spacial score (nSPS) is 11.6. The molecule has 0 aromatic heterocycles. The predicted octanol–water partition coefficient (Wildman–Crippen LogP) is 5.34. The van der Waals surface area contributed by atoms with Crippen LogP contribution in [0.3, 0.4) is 0 Å². The van der Waals surface area contributed by atoms with E-state index in [1.165, 1.54) is 6.07 Å². The second-order valence-electron chi connectivity index (χ2n) is 9.19. The molecule has 0 atom stereocenters. The van der Waals surface area contributed by atoms with Crippen molar-refractivity contribution in [3.63, 3.8) is 0 Å². The Bertz CT molecular complexity index is 1340. The molecule has 0 saturated carbocycles. The van der Waals surface area contributed by atoms with Gasteiger partial charge >= 0.3 is 0 Å². The zero-order valence-corrected chi connectivity index (χ0v) is 20.7. The van der Waals surface area contributed by atoms with Crippen LogP contribution in [0.5, 0.6) is 0 Å². The second kappa shape index (κ2) is 9.69. The Morgan fingerprint density at radius 3 is 2.06 bits per heavy atom. The molecule has 0 saturated heterocycles. The van der Waals surface area contributed by atoms with Gasteiger partial charge in [-0.2, -0.15) is 0 Å². The van der Waals surface area contributed by atoms with Gasteiger partial charge in [-0.05, 0) is 67.4 Å². The Morgan fingerprint density at radius 1 is 0.765 bits per heavy atom. The van der Waals surface area contributed by atoms with Crippen molar-refractivity contribution >= 4 is 38.9 Å². The zero-order valence-electron chi connectivity index (χ0n) is 19.9. The first-order valence-corrected chi connectivity index (χ1v) is 12.3. The minimum atomic E-state index is -3.82.